The molecule has 0 radical (unpaired) electrons. The smallest absolute Gasteiger partial charge is 0.250 e. The number of ketones is 1. The first kappa shape index (κ1) is 18.6. The van der Waals surface area contributed by atoms with E-state index < -0.39 is 11.5 Å². The zero-order chi connectivity index (χ0) is 20.9. The summed E-state index contributed by atoms with van der Waals surface area (Å²) in [7, 11) is 1.87. The standard InChI is InChI=1S/C24H20FN3O2/c1-28-14-18(15-8-10-17(25)11-9-15)21(22(29)16-5-4-12-26-13-16)24(28)19-6-2-3-7-20(19)27-23(24)30/h2-13,18,21H,14H2,1H3,(H,27,30)/t18-,21-,24+/m1/s1. The summed E-state index contributed by atoms with van der Waals surface area (Å²) in [6.07, 6.45) is 3.15. The molecule has 6 heteroatoms. The molecule has 150 valence electrons. The molecule has 5 rings (SSSR count). The molecule has 0 saturated carbocycles. The average Bonchev–Trinajstić information content (AvgIpc) is 3.24. The first-order valence-corrected chi connectivity index (χ1v) is 9.85. The fourth-order valence-corrected chi connectivity index (χ4v) is 5.09. The Bertz CT molecular complexity index is 1130. The highest BCUT2D eigenvalue weighted by molar-refractivity contribution is 6.12. The molecule has 5 nitrogen and oxygen atoms in total. The van der Waals surface area contributed by atoms with E-state index in [-0.39, 0.29) is 23.4 Å². The van der Waals surface area contributed by atoms with E-state index in [1.165, 1.54) is 18.3 Å². The molecule has 1 saturated heterocycles. The minimum atomic E-state index is -1.14. The van der Waals surface area contributed by atoms with Gasteiger partial charge in [0.15, 0.2) is 5.78 Å². The van der Waals surface area contributed by atoms with E-state index in [9.17, 15) is 14.0 Å². The highest BCUT2D eigenvalue weighted by atomic mass is 19.1. The van der Waals surface area contributed by atoms with Crippen molar-refractivity contribution in [3.05, 3.63) is 95.6 Å². The molecule has 3 atom stereocenters. The number of carbonyl (C=O) groups excluding carboxylic acids is 2. The maximum Gasteiger partial charge on any atom is 0.250 e. The number of hydrogen-bond donors (Lipinski definition) is 1. The zero-order valence-corrected chi connectivity index (χ0v) is 16.4. The zero-order valence-electron chi connectivity index (χ0n) is 16.4. The van der Waals surface area contributed by atoms with Gasteiger partial charge in [0.05, 0.1) is 5.92 Å². The van der Waals surface area contributed by atoms with Gasteiger partial charge in [-0.15, -0.1) is 0 Å². The van der Waals surface area contributed by atoms with Crippen molar-refractivity contribution in [2.45, 2.75) is 11.5 Å². The van der Waals surface area contributed by atoms with E-state index in [4.69, 9.17) is 0 Å². The number of nitrogens with zero attached hydrogens (tertiary/aromatic N) is 2. The lowest BCUT2D eigenvalue weighted by atomic mass is 9.70. The van der Waals surface area contributed by atoms with Gasteiger partial charge in [-0.1, -0.05) is 30.3 Å². The number of carbonyl (C=O) groups is 2. The molecule has 0 aliphatic carbocycles. The van der Waals surface area contributed by atoms with E-state index in [1.54, 1.807) is 30.5 Å². The molecule has 0 bridgehead atoms. The van der Waals surface area contributed by atoms with Crippen LogP contribution >= 0.6 is 0 Å². The van der Waals surface area contributed by atoms with Crippen LogP contribution in [0.5, 0.6) is 0 Å². The first-order chi connectivity index (χ1) is 14.5. The van der Waals surface area contributed by atoms with E-state index >= 15 is 0 Å². The van der Waals surface area contributed by atoms with Crippen LogP contribution in [0.2, 0.25) is 0 Å². The number of hydrogen-bond acceptors (Lipinski definition) is 4. The summed E-state index contributed by atoms with van der Waals surface area (Å²) in [5.74, 6) is -1.65. The number of likely N-dealkylation sites (tertiary alicyclic amines) is 1. The predicted molar refractivity (Wildman–Crippen MR) is 111 cm³/mol. The molecule has 3 aromatic rings. The number of pyridine rings is 1. The number of para-hydroxylation sites is 1. The number of amides is 1. The summed E-state index contributed by atoms with van der Waals surface area (Å²) < 4.78 is 13.6. The fraction of sp³-hybridized carbons (Fsp3) is 0.208. The largest absolute Gasteiger partial charge is 0.324 e. The van der Waals surface area contributed by atoms with Gasteiger partial charge in [0.2, 0.25) is 5.91 Å². The van der Waals surface area contributed by atoms with Gasteiger partial charge in [-0.25, -0.2) is 4.39 Å². The van der Waals surface area contributed by atoms with Crippen LogP contribution in [0.3, 0.4) is 0 Å². The second kappa shape index (κ2) is 6.85. The van der Waals surface area contributed by atoms with Crippen molar-refractivity contribution in [1.29, 1.82) is 0 Å². The van der Waals surface area contributed by atoms with Crippen molar-refractivity contribution < 1.29 is 14.0 Å². The molecule has 2 aliphatic rings. The van der Waals surface area contributed by atoms with Crippen LogP contribution in [0, 0.1) is 11.7 Å². The van der Waals surface area contributed by atoms with Gasteiger partial charge >= 0.3 is 0 Å². The van der Waals surface area contributed by atoms with Gasteiger partial charge in [0, 0.05) is 41.7 Å². The van der Waals surface area contributed by atoms with Gasteiger partial charge < -0.3 is 5.32 Å². The normalized spacial score (nSPS) is 25.3. The molecule has 2 aliphatic heterocycles. The molecule has 0 unspecified atom stereocenters. The highest BCUT2D eigenvalue weighted by Crippen LogP contribution is 2.55. The summed E-state index contributed by atoms with van der Waals surface area (Å²) in [6, 6.07) is 17.1. The monoisotopic (exact) mass is 401 g/mol. The third-order valence-corrected chi connectivity index (χ3v) is 6.38. The van der Waals surface area contributed by atoms with Gasteiger partial charge in [-0.3, -0.25) is 19.5 Å². The van der Waals surface area contributed by atoms with E-state index in [1.807, 2.05) is 36.2 Å². The van der Waals surface area contributed by atoms with Crippen LogP contribution in [-0.4, -0.2) is 35.2 Å². The van der Waals surface area contributed by atoms with Crippen molar-refractivity contribution in [2.24, 2.45) is 5.92 Å². The Balaban J connectivity index is 1.73. The van der Waals surface area contributed by atoms with Crippen LogP contribution in [0.25, 0.3) is 0 Å². The van der Waals surface area contributed by atoms with Gasteiger partial charge in [-0.2, -0.15) is 0 Å². The quantitative estimate of drug-likeness (QED) is 0.682. The third-order valence-electron chi connectivity index (χ3n) is 6.38. The number of nitrogens with one attached hydrogen (secondary N) is 1. The molecule has 30 heavy (non-hydrogen) atoms. The Morgan fingerprint density at radius 1 is 1.13 bits per heavy atom. The first-order valence-electron chi connectivity index (χ1n) is 9.85. The molecule has 1 aromatic heterocycles. The molecule has 1 amide bonds. The second-order valence-electron chi connectivity index (χ2n) is 7.89. The Morgan fingerprint density at radius 2 is 1.90 bits per heavy atom. The lowest BCUT2D eigenvalue weighted by Gasteiger charge is -2.35. The Morgan fingerprint density at radius 3 is 2.63 bits per heavy atom. The van der Waals surface area contributed by atoms with Crippen LogP contribution in [0.4, 0.5) is 10.1 Å². The number of likely N-dealkylation sites (N-methyl/N-ethyl adjacent to an activating group) is 1. The molecule has 3 heterocycles. The van der Waals surface area contributed by atoms with Gasteiger partial charge in [0.1, 0.15) is 11.4 Å². The van der Waals surface area contributed by atoms with Crippen molar-refractivity contribution in [1.82, 2.24) is 9.88 Å². The molecule has 1 spiro atoms. The summed E-state index contributed by atoms with van der Waals surface area (Å²) in [5, 5.41) is 2.97. The van der Waals surface area contributed by atoms with E-state index in [0.29, 0.717) is 12.1 Å². The van der Waals surface area contributed by atoms with Crippen LogP contribution in [0.15, 0.2) is 73.1 Å². The lowest BCUT2D eigenvalue weighted by molar-refractivity contribution is -0.126. The lowest BCUT2D eigenvalue weighted by Crippen LogP contribution is -2.51. The van der Waals surface area contributed by atoms with E-state index in [2.05, 4.69) is 10.3 Å². The molecule has 2 aromatic carbocycles. The molecular weight excluding hydrogens is 381 g/mol. The number of benzene rings is 2. The second-order valence-corrected chi connectivity index (χ2v) is 7.89. The molecule has 1 N–H and O–H groups in total. The van der Waals surface area contributed by atoms with Crippen molar-refractivity contribution >= 4 is 17.4 Å². The highest BCUT2D eigenvalue weighted by Gasteiger charge is 2.64. The van der Waals surface area contributed by atoms with Crippen molar-refractivity contribution in [3.8, 4) is 0 Å². The number of aromatic nitrogens is 1. The predicted octanol–water partition coefficient (Wildman–Crippen LogP) is 3.60. The summed E-state index contributed by atoms with van der Waals surface area (Å²) in [4.78, 5) is 33.4. The molecular formula is C24H20FN3O2. The Labute approximate surface area is 173 Å². The number of anilines is 1. The Hall–Kier alpha value is -3.38. The van der Waals surface area contributed by atoms with Gasteiger partial charge in [-0.05, 0) is 42.9 Å². The number of Topliss-reactive ketones (excluding diaryl/α,β-unsaturated/α-hetero) is 1. The summed E-state index contributed by atoms with van der Waals surface area (Å²) in [5.41, 5.74) is 1.67. The van der Waals surface area contributed by atoms with Gasteiger partial charge in [0.25, 0.3) is 0 Å². The number of rotatable bonds is 3. The molecule has 1 fully saturated rings. The summed E-state index contributed by atoms with van der Waals surface area (Å²) >= 11 is 0. The SMILES string of the molecule is CN1C[C@H](c2ccc(F)cc2)[C@H](C(=O)c2cccnc2)[C@@]12C(=O)Nc1ccccc12. The number of fused-ring (bicyclic) bond motifs is 2. The van der Waals surface area contributed by atoms with Crippen LogP contribution in [-0.2, 0) is 10.3 Å². The van der Waals surface area contributed by atoms with Crippen molar-refractivity contribution in [3.63, 3.8) is 0 Å². The van der Waals surface area contributed by atoms with E-state index in [0.717, 1.165) is 16.8 Å². The van der Waals surface area contributed by atoms with Crippen LogP contribution < -0.4 is 5.32 Å². The third kappa shape index (κ3) is 2.53. The minimum absolute atomic E-state index is 0.145. The van der Waals surface area contributed by atoms with Crippen molar-refractivity contribution in [2.75, 3.05) is 18.9 Å². The van der Waals surface area contributed by atoms with Crippen LogP contribution in [0.1, 0.15) is 27.4 Å². The minimum Gasteiger partial charge on any atom is -0.324 e. The number of halogens is 1. The maximum atomic E-state index is 13.8. The maximum absolute atomic E-state index is 13.8. The average molecular weight is 401 g/mol. The Kier molecular flexibility index (Phi) is 4.25. The topological polar surface area (TPSA) is 62.3 Å². The summed E-state index contributed by atoms with van der Waals surface area (Å²) in [6.45, 7) is 0.490. The fourth-order valence-electron chi connectivity index (χ4n) is 5.09.